The lowest BCUT2D eigenvalue weighted by Crippen LogP contribution is -2.21. The maximum atomic E-state index is 9.76. The van der Waals surface area contributed by atoms with Gasteiger partial charge in [-0.05, 0) is 13.3 Å². The van der Waals surface area contributed by atoms with Crippen molar-refractivity contribution >= 4 is 6.09 Å². The van der Waals surface area contributed by atoms with E-state index in [2.05, 4.69) is 24.4 Å². The van der Waals surface area contributed by atoms with E-state index in [4.69, 9.17) is 5.11 Å². The van der Waals surface area contributed by atoms with E-state index in [1.165, 1.54) is 5.56 Å². The molecular formula is C12H19NO2. The van der Waals surface area contributed by atoms with Crippen LogP contribution in [0.5, 0.6) is 0 Å². The van der Waals surface area contributed by atoms with Gasteiger partial charge in [0, 0.05) is 6.54 Å². The zero-order valence-electron chi connectivity index (χ0n) is 9.36. The molecule has 0 spiro atoms. The van der Waals surface area contributed by atoms with Crippen LogP contribution in [-0.2, 0) is 0 Å². The molecule has 3 nitrogen and oxygen atoms in total. The fraction of sp³-hybridized carbons (Fsp3) is 0.417. The average molecular weight is 209 g/mol. The quantitative estimate of drug-likeness (QED) is 0.752. The molecule has 1 amide bonds. The van der Waals surface area contributed by atoms with E-state index in [-0.39, 0.29) is 0 Å². The van der Waals surface area contributed by atoms with Gasteiger partial charge in [-0.3, -0.25) is 0 Å². The molecule has 0 aliphatic carbocycles. The van der Waals surface area contributed by atoms with E-state index in [0.29, 0.717) is 6.54 Å². The fourth-order valence-electron chi connectivity index (χ4n) is 0.906. The summed E-state index contributed by atoms with van der Waals surface area (Å²) in [6, 6.07) is 10.3. The molecule has 2 N–H and O–H groups in total. The molecule has 3 heteroatoms. The van der Waals surface area contributed by atoms with Gasteiger partial charge in [-0.15, -0.1) is 0 Å². The number of hydrogen-bond acceptors (Lipinski definition) is 1. The minimum Gasteiger partial charge on any atom is -0.465 e. The van der Waals surface area contributed by atoms with E-state index in [1.807, 2.05) is 25.1 Å². The van der Waals surface area contributed by atoms with Gasteiger partial charge < -0.3 is 10.4 Å². The lowest BCUT2D eigenvalue weighted by atomic mass is 10.2. The van der Waals surface area contributed by atoms with Crippen LogP contribution in [-0.4, -0.2) is 17.7 Å². The predicted octanol–water partition coefficient (Wildman–Crippen LogP) is 3.05. The van der Waals surface area contributed by atoms with Crippen LogP contribution in [0, 0.1) is 6.92 Å². The number of rotatable bonds is 3. The molecule has 0 saturated carbocycles. The van der Waals surface area contributed by atoms with Crippen molar-refractivity contribution in [1.82, 2.24) is 5.32 Å². The van der Waals surface area contributed by atoms with E-state index < -0.39 is 6.09 Å². The topological polar surface area (TPSA) is 49.3 Å². The number of benzene rings is 1. The second-order valence-electron chi connectivity index (χ2n) is 3.24. The van der Waals surface area contributed by atoms with E-state index in [9.17, 15) is 4.79 Å². The van der Waals surface area contributed by atoms with Crippen molar-refractivity contribution in [2.75, 3.05) is 6.54 Å². The van der Waals surface area contributed by atoms with Crippen LogP contribution in [0.2, 0.25) is 0 Å². The van der Waals surface area contributed by atoms with Crippen molar-refractivity contribution in [1.29, 1.82) is 0 Å². The largest absolute Gasteiger partial charge is 0.465 e. The third-order valence-corrected chi connectivity index (χ3v) is 1.75. The number of unbranched alkanes of at least 4 members (excludes halogenated alkanes) is 1. The molecule has 1 aromatic carbocycles. The normalized spacial score (nSPS) is 8.67. The fourth-order valence-corrected chi connectivity index (χ4v) is 0.906. The third-order valence-electron chi connectivity index (χ3n) is 1.75. The van der Waals surface area contributed by atoms with Gasteiger partial charge >= 0.3 is 6.09 Å². The van der Waals surface area contributed by atoms with Crippen molar-refractivity contribution in [3.63, 3.8) is 0 Å². The molecular weight excluding hydrogens is 190 g/mol. The van der Waals surface area contributed by atoms with Crippen LogP contribution in [0.15, 0.2) is 30.3 Å². The molecule has 1 rings (SSSR count). The summed E-state index contributed by atoms with van der Waals surface area (Å²) in [5.74, 6) is 0. The molecule has 84 valence electrons. The number of nitrogens with one attached hydrogen (secondary N) is 1. The van der Waals surface area contributed by atoms with Crippen molar-refractivity contribution in [2.45, 2.75) is 26.7 Å². The number of hydrogen-bond donors (Lipinski definition) is 2. The standard InChI is InChI=1S/C7H8.C5H11NO2/c1-7-5-3-2-4-6-7;1-2-3-4-6-5(7)8/h2-6H,1H3;6H,2-4H2,1H3,(H,7,8). The summed E-state index contributed by atoms with van der Waals surface area (Å²) in [5, 5.41) is 10.3. The Morgan fingerprint density at radius 2 is 1.93 bits per heavy atom. The molecule has 15 heavy (non-hydrogen) atoms. The predicted molar refractivity (Wildman–Crippen MR) is 62.1 cm³/mol. The Labute approximate surface area is 91.1 Å². The van der Waals surface area contributed by atoms with Crippen LogP contribution < -0.4 is 5.32 Å². The minimum absolute atomic E-state index is 0.575. The monoisotopic (exact) mass is 209 g/mol. The Hall–Kier alpha value is -1.51. The Balaban J connectivity index is 0.000000262. The van der Waals surface area contributed by atoms with Crippen LogP contribution in [0.1, 0.15) is 25.3 Å². The minimum atomic E-state index is -0.932. The third kappa shape index (κ3) is 10.4. The summed E-state index contributed by atoms with van der Waals surface area (Å²) in [6.45, 7) is 4.68. The van der Waals surface area contributed by atoms with Crippen molar-refractivity contribution < 1.29 is 9.90 Å². The molecule has 0 saturated heterocycles. The molecule has 0 bridgehead atoms. The lowest BCUT2D eigenvalue weighted by Gasteiger charge is -1.94. The molecule has 0 atom stereocenters. The zero-order chi connectivity index (χ0) is 11.5. The van der Waals surface area contributed by atoms with E-state index in [1.54, 1.807) is 0 Å². The Morgan fingerprint density at radius 3 is 2.27 bits per heavy atom. The Bertz CT molecular complexity index is 260. The van der Waals surface area contributed by atoms with Crippen LogP contribution in [0.25, 0.3) is 0 Å². The molecule has 0 radical (unpaired) electrons. The van der Waals surface area contributed by atoms with E-state index in [0.717, 1.165) is 12.8 Å². The Morgan fingerprint density at radius 1 is 1.33 bits per heavy atom. The van der Waals surface area contributed by atoms with Gasteiger partial charge in [-0.1, -0.05) is 49.2 Å². The number of carboxylic acid groups (broad SMARTS) is 1. The first kappa shape index (κ1) is 13.5. The number of aryl methyl sites for hydroxylation is 1. The highest BCUT2D eigenvalue weighted by atomic mass is 16.4. The first-order valence-corrected chi connectivity index (χ1v) is 5.15. The lowest BCUT2D eigenvalue weighted by molar-refractivity contribution is 0.194. The van der Waals surface area contributed by atoms with Gasteiger partial charge in [-0.2, -0.15) is 0 Å². The van der Waals surface area contributed by atoms with Crippen LogP contribution in [0.3, 0.4) is 0 Å². The molecule has 0 fully saturated rings. The van der Waals surface area contributed by atoms with Gasteiger partial charge in [0.1, 0.15) is 0 Å². The van der Waals surface area contributed by atoms with Crippen molar-refractivity contribution in [2.24, 2.45) is 0 Å². The molecule has 0 heterocycles. The number of amides is 1. The molecule has 0 aromatic heterocycles. The first-order valence-electron chi connectivity index (χ1n) is 5.15. The summed E-state index contributed by atoms with van der Waals surface area (Å²) >= 11 is 0. The van der Waals surface area contributed by atoms with Crippen LogP contribution >= 0.6 is 0 Å². The molecule has 1 aromatic rings. The maximum Gasteiger partial charge on any atom is 0.404 e. The first-order chi connectivity index (χ1) is 7.16. The zero-order valence-corrected chi connectivity index (χ0v) is 9.36. The summed E-state index contributed by atoms with van der Waals surface area (Å²) in [6.07, 6.45) is 1.02. The van der Waals surface area contributed by atoms with Crippen molar-refractivity contribution in [3.8, 4) is 0 Å². The summed E-state index contributed by atoms with van der Waals surface area (Å²) in [5.41, 5.74) is 1.32. The second-order valence-corrected chi connectivity index (χ2v) is 3.24. The second kappa shape index (κ2) is 9.06. The number of carbonyl (C=O) groups is 1. The van der Waals surface area contributed by atoms with Gasteiger partial charge in [0.05, 0.1) is 0 Å². The van der Waals surface area contributed by atoms with E-state index >= 15 is 0 Å². The highest BCUT2D eigenvalue weighted by molar-refractivity contribution is 5.64. The van der Waals surface area contributed by atoms with Gasteiger partial charge in [0.25, 0.3) is 0 Å². The van der Waals surface area contributed by atoms with Gasteiger partial charge in [0.15, 0.2) is 0 Å². The average Bonchev–Trinajstić information content (AvgIpc) is 2.20. The van der Waals surface area contributed by atoms with Crippen molar-refractivity contribution in [3.05, 3.63) is 35.9 Å². The summed E-state index contributed by atoms with van der Waals surface area (Å²) < 4.78 is 0. The molecule has 0 unspecified atom stereocenters. The molecule has 0 aliphatic heterocycles. The highest BCUT2D eigenvalue weighted by Gasteiger charge is 1.88. The highest BCUT2D eigenvalue weighted by Crippen LogP contribution is 1.92. The van der Waals surface area contributed by atoms with Gasteiger partial charge in [0.2, 0.25) is 0 Å². The smallest absolute Gasteiger partial charge is 0.404 e. The molecule has 0 aliphatic rings. The Kier molecular flexibility index (Phi) is 8.15. The summed E-state index contributed by atoms with van der Waals surface area (Å²) in [4.78, 5) is 9.76. The van der Waals surface area contributed by atoms with Gasteiger partial charge in [-0.25, -0.2) is 4.79 Å². The maximum absolute atomic E-state index is 9.76. The SMILES string of the molecule is CCCCNC(=O)O.Cc1ccccc1. The summed E-state index contributed by atoms with van der Waals surface area (Å²) in [7, 11) is 0. The van der Waals surface area contributed by atoms with Crippen LogP contribution in [0.4, 0.5) is 4.79 Å².